The summed E-state index contributed by atoms with van der Waals surface area (Å²) < 4.78 is 34.6. The van der Waals surface area contributed by atoms with Gasteiger partial charge in [0.1, 0.15) is 17.9 Å². The molecule has 1 aliphatic heterocycles. The highest BCUT2D eigenvalue weighted by atomic mass is 32.7. The van der Waals surface area contributed by atoms with Crippen LogP contribution in [0.2, 0.25) is 0 Å². The summed E-state index contributed by atoms with van der Waals surface area (Å²) in [6.07, 6.45) is 1.96. The van der Waals surface area contributed by atoms with Crippen LogP contribution >= 0.6 is 19.0 Å². The lowest BCUT2D eigenvalue weighted by molar-refractivity contribution is -0.0736. The molecule has 26 heavy (non-hydrogen) atoms. The number of rotatable bonds is 8. The second-order valence-electron chi connectivity index (χ2n) is 5.66. The molecule has 0 amide bonds. The third-order valence-corrected chi connectivity index (χ3v) is 4.69. The van der Waals surface area contributed by atoms with Crippen LogP contribution in [0.15, 0.2) is 12.7 Å². The molecule has 1 aliphatic rings. The molecule has 0 aliphatic carbocycles. The molecule has 4 atom stereocenters. The SMILES string of the molecule is COCCOC1C[C@@H](COP(=O)(O)S)OC1n1cnc2c(N)ncnc21. The first-order chi connectivity index (χ1) is 12.4. The molecule has 2 aromatic rings. The monoisotopic (exact) mass is 405 g/mol. The molecule has 11 nitrogen and oxygen atoms in total. The zero-order valence-corrected chi connectivity index (χ0v) is 15.8. The van der Waals surface area contributed by atoms with Crippen LogP contribution in [-0.2, 0) is 23.3 Å². The normalized spacial score (nSPS) is 25.6. The number of nitrogens with two attached hydrogens (primary N) is 1. The van der Waals surface area contributed by atoms with Gasteiger partial charge in [0.05, 0.1) is 32.3 Å². The van der Waals surface area contributed by atoms with Gasteiger partial charge in [-0.15, -0.1) is 0 Å². The van der Waals surface area contributed by atoms with E-state index in [-0.39, 0.29) is 18.5 Å². The van der Waals surface area contributed by atoms with Crippen LogP contribution in [0.25, 0.3) is 11.2 Å². The van der Waals surface area contributed by atoms with Crippen molar-refractivity contribution in [1.29, 1.82) is 0 Å². The number of nitrogen functional groups attached to an aromatic ring is 1. The van der Waals surface area contributed by atoms with Gasteiger partial charge in [-0.2, -0.15) is 0 Å². The van der Waals surface area contributed by atoms with Gasteiger partial charge >= 0.3 is 6.80 Å². The first-order valence-electron chi connectivity index (χ1n) is 7.78. The minimum Gasteiger partial charge on any atom is -0.382 e. The first kappa shape index (κ1) is 19.5. The minimum absolute atomic E-state index is 0.0956. The molecule has 0 aromatic carbocycles. The van der Waals surface area contributed by atoms with E-state index in [0.29, 0.717) is 30.8 Å². The molecule has 3 unspecified atom stereocenters. The van der Waals surface area contributed by atoms with Crippen molar-refractivity contribution in [2.75, 3.05) is 32.7 Å². The summed E-state index contributed by atoms with van der Waals surface area (Å²) in [6.45, 7) is -3.20. The van der Waals surface area contributed by atoms with E-state index in [0.717, 1.165) is 0 Å². The van der Waals surface area contributed by atoms with Gasteiger partial charge in [-0.25, -0.2) is 19.5 Å². The van der Waals surface area contributed by atoms with Crippen LogP contribution in [0.4, 0.5) is 5.82 Å². The first-order valence-corrected chi connectivity index (χ1v) is 10.5. The van der Waals surface area contributed by atoms with E-state index in [4.69, 9.17) is 24.5 Å². The van der Waals surface area contributed by atoms with Crippen LogP contribution in [-0.4, -0.2) is 63.6 Å². The van der Waals surface area contributed by atoms with E-state index in [1.54, 1.807) is 18.0 Å². The molecule has 2 aromatic heterocycles. The Kier molecular flexibility index (Phi) is 6.13. The van der Waals surface area contributed by atoms with Crippen LogP contribution in [0.5, 0.6) is 0 Å². The van der Waals surface area contributed by atoms with E-state index in [2.05, 4.69) is 27.2 Å². The largest absolute Gasteiger partial charge is 0.383 e. The van der Waals surface area contributed by atoms with E-state index in [1.165, 1.54) is 6.33 Å². The lowest BCUT2D eigenvalue weighted by atomic mass is 10.2. The maximum absolute atomic E-state index is 11.2. The Labute approximate surface area is 154 Å². The van der Waals surface area contributed by atoms with Gasteiger partial charge in [0.25, 0.3) is 0 Å². The standard InChI is InChI=1S/C13H20N5O6PS/c1-21-2-3-22-9-4-8(5-23-25(19,20)26)24-13(9)18-7-17-10-11(14)15-6-16-12(10)18/h6-9,13H,2-5H2,1H3,(H2,14,15,16)(H2,19,20,26)/t8-,9?,13?/m0/s1. The number of hydrogen-bond donors (Lipinski definition) is 3. The van der Waals surface area contributed by atoms with Gasteiger partial charge in [-0.3, -0.25) is 9.09 Å². The number of anilines is 1. The summed E-state index contributed by atoms with van der Waals surface area (Å²) in [6, 6.07) is 0. The second-order valence-corrected chi connectivity index (χ2v) is 8.41. The fourth-order valence-electron chi connectivity index (χ4n) is 2.74. The van der Waals surface area contributed by atoms with Crippen molar-refractivity contribution in [2.45, 2.75) is 24.9 Å². The Hall–Kier alpha value is -1.27. The highest BCUT2D eigenvalue weighted by Crippen LogP contribution is 2.47. The van der Waals surface area contributed by atoms with Gasteiger partial charge < -0.3 is 24.8 Å². The summed E-state index contributed by atoms with van der Waals surface area (Å²) in [5.74, 6) is 0.264. The summed E-state index contributed by atoms with van der Waals surface area (Å²) in [7, 11) is 1.58. The number of methoxy groups -OCH3 is 1. The molecule has 1 fully saturated rings. The van der Waals surface area contributed by atoms with Crippen molar-refractivity contribution in [3.63, 3.8) is 0 Å². The van der Waals surface area contributed by atoms with Gasteiger partial charge in [-0.05, 0) is 0 Å². The predicted octanol–water partition coefficient (Wildman–Crippen LogP) is 0.774. The number of imidazole rings is 1. The van der Waals surface area contributed by atoms with Crippen molar-refractivity contribution in [3.05, 3.63) is 12.7 Å². The molecular formula is C13H20N5O6PS. The molecule has 13 heteroatoms. The van der Waals surface area contributed by atoms with E-state index >= 15 is 0 Å². The molecule has 3 rings (SSSR count). The maximum atomic E-state index is 11.2. The summed E-state index contributed by atoms with van der Waals surface area (Å²) >= 11 is 3.50. The summed E-state index contributed by atoms with van der Waals surface area (Å²) in [5, 5.41) is 0. The van der Waals surface area contributed by atoms with Crippen molar-refractivity contribution in [2.24, 2.45) is 0 Å². The highest BCUT2D eigenvalue weighted by Gasteiger charge is 2.39. The Bertz CT molecular complexity index is 800. The lowest BCUT2D eigenvalue weighted by Gasteiger charge is -2.20. The average Bonchev–Trinajstić information content (AvgIpc) is 3.17. The molecular weight excluding hydrogens is 385 g/mol. The van der Waals surface area contributed by atoms with Crippen LogP contribution in [0, 0.1) is 0 Å². The Morgan fingerprint density at radius 2 is 2.27 bits per heavy atom. The minimum atomic E-state index is -3.89. The molecule has 0 radical (unpaired) electrons. The van der Waals surface area contributed by atoms with E-state index < -0.39 is 19.1 Å². The van der Waals surface area contributed by atoms with E-state index in [9.17, 15) is 9.46 Å². The third-order valence-electron chi connectivity index (χ3n) is 3.85. The number of thiol groups is 1. The van der Waals surface area contributed by atoms with Gasteiger partial charge in [0.2, 0.25) is 0 Å². The summed E-state index contributed by atoms with van der Waals surface area (Å²) in [4.78, 5) is 21.5. The number of hydrogen-bond acceptors (Lipinski definition) is 9. The zero-order chi connectivity index (χ0) is 18.7. The number of fused-ring (bicyclic) bond motifs is 1. The fourth-order valence-corrected chi connectivity index (χ4v) is 3.30. The van der Waals surface area contributed by atoms with Crippen molar-refractivity contribution < 1.29 is 28.2 Å². The van der Waals surface area contributed by atoms with Gasteiger partial charge in [-0.1, -0.05) is 12.2 Å². The smallest absolute Gasteiger partial charge is 0.382 e. The average molecular weight is 405 g/mol. The molecule has 0 bridgehead atoms. The lowest BCUT2D eigenvalue weighted by Crippen LogP contribution is -2.24. The predicted molar refractivity (Wildman–Crippen MR) is 94.6 cm³/mol. The number of aromatic nitrogens is 4. The van der Waals surface area contributed by atoms with Crippen molar-refractivity contribution in [1.82, 2.24) is 19.5 Å². The summed E-state index contributed by atoms with van der Waals surface area (Å²) in [5.41, 5.74) is 6.79. The van der Waals surface area contributed by atoms with Gasteiger partial charge in [0, 0.05) is 13.5 Å². The molecule has 3 N–H and O–H groups in total. The third kappa shape index (κ3) is 4.52. The number of ether oxygens (including phenoxy) is 3. The highest BCUT2D eigenvalue weighted by molar-refractivity contribution is 8.44. The number of nitrogens with zero attached hydrogens (tertiary/aromatic N) is 4. The molecule has 3 heterocycles. The van der Waals surface area contributed by atoms with Crippen molar-refractivity contribution in [3.8, 4) is 0 Å². The van der Waals surface area contributed by atoms with Gasteiger partial charge in [0.15, 0.2) is 17.7 Å². The topological polar surface area (TPSA) is 144 Å². The second kappa shape index (κ2) is 8.17. The fraction of sp³-hybridized carbons (Fsp3) is 0.615. The van der Waals surface area contributed by atoms with Crippen molar-refractivity contribution >= 4 is 36.0 Å². The zero-order valence-electron chi connectivity index (χ0n) is 14.0. The molecule has 1 saturated heterocycles. The van der Waals surface area contributed by atoms with E-state index in [1.807, 2.05) is 0 Å². The molecule has 0 saturated carbocycles. The quantitative estimate of drug-likeness (QED) is 0.327. The Morgan fingerprint density at radius 3 is 3.00 bits per heavy atom. The maximum Gasteiger partial charge on any atom is 0.383 e. The Balaban J connectivity index is 1.81. The Morgan fingerprint density at radius 1 is 1.46 bits per heavy atom. The van der Waals surface area contributed by atoms with Crippen LogP contribution < -0.4 is 5.73 Å². The molecule has 144 valence electrons. The molecule has 0 spiro atoms. The van der Waals surface area contributed by atoms with Crippen LogP contribution in [0.1, 0.15) is 12.6 Å². The van der Waals surface area contributed by atoms with Crippen LogP contribution in [0.3, 0.4) is 0 Å².